The number of nitrogens with one attached hydrogen (secondary N) is 1. The van der Waals surface area contributed by atoms with Crippen molar-refractivity contribution in [3.63, 3.8) is 0 Å². The maximum atomic E-state index is 11.9. The number of benzene rings is 1. The molecule has 0 atom stereocenters. The van der Waals surface area contributed by atoms with Crippen LogP contribution < -0.4 is 5.43 Å². The van der Waals surface area contributed by atoms with Gasteiger partial charge in [0.2, 0.25) is 0 Å². The highest BCUT2D eigenvalue weighted by Gasteiger charge is 2.11. The molecule has 0 saturated carbocycles. The first-order valence-corrected chi connectivity index (χ1v) is 5.90. The summed E-state index contributed by atoms with van der Waals surface area (Å²) in [4.78, 5) is 26.4. The summed E-state index contributed by atoms with van der Waals surface area (Å²) >= 11 is 0. The van der Waals surface area contributed by atoms with Crippen LogP contribution in [0.3, 0.4) is 0 Å². The van der Waals surface area contributed by atoms with Crippen LogP contribution in [0.25, 0.3) is 10.9 Å². The number of methoxy groups -OCH3 is 1. The average Bonchev–Trinajstić information content (AvgIpc) is 2.39. The van der Waals surface area contributed by atoms with Crippen molar-refractivity contribution in [3.8, 4) is 0 Å². The molecular weight excluding hydrogens is 230 g/mol. The minimum Gasteiger partial charge on any atom is -0.464 e. The van der Waals surface area contributed by atoms with E-state index in [1.54, 1.807) is 6.07 Å². The third-order valence-corrected chi connectivity index (χ3v) is 2.88. The summed E-state index contributed by atoms with van der Waals surface area (Å²) in [5.41, 5.74) is 1.80. The van der Waals surface area contributed by atoms with Crippen LogP contribution >= 0.6 is 0 Å². The Morgan fingerprint density at radius 3 is 2.83 bits per heavy atom. The van der Waals surface area contributed by atoms with Gasteiger partial charge in [-0.05, 0) is 18.1 Å². The van der Waals surface area contributed by atoms with Gasteiger partial charge in [-0.3, -0.25) is 4.79 Å². The zero-order valence-corrected chi connectivity index (χ0v) is 10.4. The van der Waals surface area contributed by atoms with Crippen molar-refractivity contribution < 1.29 is 9.53 Å². The molecule has 2 rings (SSSR count). The zero-order valence-electron chi connectivity index (χ0n) is 10.4. The van der Waals surface area contributed by atoms with Crippen molar-refractivity contribution in [2.75, 3.05) is 7.11 Å². The maximum Gasteiger partial charge on any atom is 0.354 e. The van der Waals surface area contributed by atoms with Crippen LogP contribution in [0.2, 0.25) is 0 Å². The number of aromatic nitrogens is 1. The molecule has 2 aromatic rings. The highest BCUT2D eigenvalue weighted by atomic mass is 16.5. The van der Waals surface area contributed by atoms with Crippen LogP contribution in [0, 0.1) is 0 Å². The van der Waals surface area contributed by atoms with Gasteiger partial charge in [-0.15, -0.1) is 0 Å². The Labute approximate surface area is 105 Å². The van der Waals surface area contributed by atoms with Crippen molar-refractivity contribution in [2.45, 2.75) is 19.8 Å². The Kier molecular flexibility index (Phi) is 3.46. The quantitative estimate of drug-likeness (QED) is 0.844. The van der Waals surface area contributed by atoms with Crippen LogP contribution in [-0.2, 0) is 11.2 Å². The largest absolute Gasteiger partial charge is 0.464 e. The molecule has 0 aliphatic carbocycles. The molecule has 1 aromatic heterocycles. The molecule has 4 nitrogen and oxygen atoms in total. The number of esters is 1. The van der Waals surface area contributed by atoms with Crippen molar-refractivity contribution in [1.29, 1.82) is 0 Å². The first kappa shape index (κ1) is 12.4. The second-order valence-electron chi connectivity index (χ2n) is 4.13. The van der Waals surface area contributed by atoms with E-state index in [2.05, 4.69) is 16.6 Å². The summed E-state index contributed by atoms with van der Waals surface area (Å²) in [6.07, 6.45) is 1.83. The number of H-pyrrole nitrogens is 1. The number of aryl methyl sites for hydroxylation is 1. The van der Waals surface area contributed by atoms with Crippen molar-refractivity contribution in [3.05, 3.63) is 45.7 Å². The van der Waals surface area contributed by atoms with Crippen LogP contribution in [0.15, 0.2) is 29.1 Å². The molecular formula is C14H15NO3. The third-order valence-electron chi connectivity index (χ3n) is 2.88. The molecule has 0 amide bonds. The molecule has 94 valence electrons. The minimum atomic E-state index is -0.527. The fourth-order valence-corrected chi connectivity index (χ4v) is 2.03. The van der Waals surface area contributed by atoms with Gasteiger partial charge in [0.15, 0.2) is 5.43 Å². The summed E-state index contributed by atoms with van der Waals surface area (Å²) in [5, 5.41) is 0.605. The number of ether oxygens (including phenoxy) is 1. The maximum absolute atomic E-state index is 11.9. The standard InChI is InChI=1S/C14H15NO3/c1-3-5-9-6-4-7-10-12(16)8-11(14(17)18-2)15-13(9)10/h4,6-8H,3,5H2,1-2H3,(H,15,16). The number of carbonyl (C=O) groups excluding carboxylic acids is 1. The molecule has 0 saturated heterocycles. The number of carbonyl (C=O) groups is 1. The monoisotopic (exact) mass is 245 g/mol. The van der Waals surface area contributed by atoms with Gasteiger partial charge in [0.05, 0.1) is 12.6 Å². The second kappa shape index (κ2) is 5.04. The van der Waals surface area contributed by atoms with Crippen LogP contribution in [0.4, 0.5) is 0 Å². The van der Waals surface area contributed by atoms with E-state index >= 15 is 0 Å². The minimum absolute atomic E-state index is 0.165. The van der Waals surface area contributed by atoms with Crippen molar-refractivity contribution >= 4 is 16.9 Å². The lowest BCUT2D eigenvalue weighted by molar-refractivity contribution is 0.0594. The summed E-state index contributed by atoms with van der Waals surface area (Å²) in [5.74, 6) is -0.527. The van der Waals surface area contributed by atoms with Gasteiger partial charge < -0.3 is 9.72 Å². The van der Waals surface area contributed by atoms with Gasteiger partial charge in [0, 0.05) is 11.5 Å². The van der Waals surface area contributed by atoms with Crippen molar-refractivity contribution in [1.82, 2.24) is 4.98 Å². The lowest BCUT2D eigenvalue weighted by Gasteiger charge is -2.07. The molecule has 1 aromatic carbocycles. The van der Waals surface area contributed by atoms with E-state index < -0.39 is 5.97 Å². The first-order valence-electron chi connectivity index (χ1n) is 5.90. The van der Waals surface area contributed by atoms with Crippen LogP contribution in [-0.4, -0.2) is 18.1 Å². The molecule has 0 unspecified atom stereocenters. The lowest BCUT2D eigenvalue weighted by Crippen LogP contribution is -2.12. The fraction of sp³-hybridized carbons (Fsp3) is 0.286. The predicted octanol–water partition coefficient (Wildman–Crippen LogP) is 2.27. The molecule has 1 heterocycles. The number of fused-ring (bicyclic) bond motifs is 1. The number of rotatable bonds is 3. The molecule has 0 fully saturated rings. The number of hydrogen-bond donors (Lipinski definition) is 1. The number of pyridine rings is 1. The number of para-hydroxylation sites is 1. The lowest BCUT2D eigenvalue weighted by atomic mass is 10.0. The Morgan fingerprint density at radius 1 is 1.39 bits per heavy atom. The van der Waals surface area contributed by atoms with Gasteiger partial charge in [0.1, 0.15) is 5.69 Å². The first-order chi connectivity index (χ1) is 8.67. The Balaban J connectivity index is 2.72. The Hall–Kier alpha value is -2.10. The van der Waals surface area contributed by atoms with E-state index in [0.29, 0.717) is 5.39 Å². The number of aromatic amines is 1. The topological polar surface area (TPSA) is 59.2 Å². The van der Waals surface area contributed by atoms with E-state index in [4.69, 9.17) is 0 Å². The molecule has 0 spiro atoms. The fourth-order valence-electron chi connectivity index (χ4n) is 2.03. The highest BCUT2D eigenvalue weighted by molar-refractivity contribution is 5.91. The van der Waals surface area contributed by atoms with Gasteiger partial charge in [-0.1, -0.05) is 25.5 Å². The van der Waals surface area contributed by atoms with E-state index in [9.17, 15) is 9.59 Å². The highest BCUT2D eigenvalue weighted by Crippen LogP contribution is 2.16. The second-order valence-corrected chi connectivity index (χ2v) is 4.13. The summed E-state index contributed by atoms with van der Waals surface area (Å²) in [6.45, 7) is 2.07. The normalized spacial score (nSPS) is 10.6. The summed E-state index contributed by atoms with van der Waals surface area (Å²) < 4.78 is 4.63. The average molecular weight is 245 g/mol. The van der Waals surface area contributed by atoms with Gasteiger partial charge in [-0.25, -0.2) is 4.79 Å². The molecule has 0 radical (unpaired) electrons. The van der Waals surface area contributed by atoms with E-state index in [-0.39, 0.29) is 11.1 Å². The summed E-state index contributed by atoms with van der Waals surface area (Å²) in [7, 11) is 1.29. The Morgan fingerprint density at radius 2 is 2.17 bits per heavy atom. The molecule has 0 aliphatic rings. The molecule has 0 aliphatic heterocycles. The number of hydrogen-bond acceptors (Lipinski definition) is 3. The molecule has 0 bridgehead atoms. The van der Waals surface area contributed by atoms with Crippen LogP contribution in [0.1, 0.15) is 29.4 Å². The van der Waals surface area contributed by atoms with Gasteiger partial charge in [-0.2, -0.15) is 0 Å². The zero-order chi connectivity index (χ0) is 13.1. The van der Waals surface area contributed by atoms with Crippen LogP contribution in [0.5, 0.6) is 0 Å². The van der Waals surface area contributed by atoms with Gasteiger partial charge in [0.25, 0.3) is 0 Å². The Bertz CT molecular complexity index is 643. The van der Waals surface area contributed by atoms with E-state index in [1.807, 2.05) is 12.1 Å². The SMILES string of the molecule is CCCc1cccc2c(=O)cc(C(=O)OC)[nH]c12. The third kappa shape index (κ3) is 2.14. The van der Waals surface area contributed by atoms with E-state index in [0.717, 1.165) is 23.9 Å². The van der Waals surface area contributed by atoms with Crippen molar-refractivity contribution in [2.24, 2.45) is 0 Å². The summed E-state index contributed by atoms with van der Waals surface area (Å²) in [6, 6.07) is 6.86. The predicted molar refractivity (Wildman–Crippen MR) is 69.9 cm³/mol. The van der Waals surface area contributed by atoms with E-state index in [1.165, 1.54) is 13.2 Å². The molecule has 4 heteroatoms. The smallest absolute Gasteiger partial charge is 0.354 e. The molecule has 18 heavy (non-hydrogen) atoms. The van der Waals surface area contributed by atoms with Gasteiger partial charge >= 0.3 is 5.97 Å². The molecule has 1 N–H and O–H groups in total.